The first-order valence-electron chi connectivity index (χ1n) is 8.75. The van der Waals surface area contributed by atoms with Crippen molar-refractivity contribution in [1.82, 2.24) is 10.2 Å². The van der Waals surface area contributed by atoms with Crippen LogP contribution in [-0.4, -0.2) is 48.3 Å². The molecule has 1 saturated carbocycles. The Hall–Kier alpha value is -0.120. The van der Waals surface area contributed by atoms with Crippen molar-refractivity contribution >= 4 is 0 Å². The number of nitrogens with one attached hydrogen (secondary N) is 1. The van der Waals surface area contributed by atoms with Gasteiger partial charge in [-0.1, -0.05) is 13.3 Å². The highest BCUT2D eigenvalue weighted by Gasteiger charge is 2.46. The van der Waals surface area contributed by atoms with Crippen LogP contribution in [0.2, 0.25) is 0 Å². The van der Waals surface area contributed by atoms with Gasteiger partial charge in [-0.05, 0) is 51.9 Å². The first kappa shape index (κ1) is 14.8. The number of rotatable bonds is 5. The molecule has 2 saturated heterocycles. The molecule has 1 aliphatic carbocycles. The van der Waals surface area contributed by atoms with Gasteiger partial charge in [0.2, 0.25) is 0 Å². The molecule has 0 spiro atoms. The number of ether oxygens (including phenoxy) is 1. The van der Waals surface area contributed by atoms with E-state index in [2.05, 4.69) is 31.0 Å². The molecule has 3 nitrogen and oxygen atoms in total. The topological polar surface area (TPSA) is 24.5 Å². The third-order valence-electron chi connectivity index (χ3n) is 5.65. The maximum absolute atomic E-state index is 6.07. The Morgan fingerprint density at radius 1 is 1.25 bits per heavy atom. The first-order valence-corrected chi connectivity index (χ1v) is 8.75. The number of hydrogen-bond donors (Lipinski definition) is 1. The molecule has 0 aromatic rings. The lowest BCUT2D eigenvalue weighted by molar-refractivity contribution is -0.00446. The van der Waals surface area contributed by atoms with E-state index in [0.717, 1.165) is 12.5 Å². The van der Waals surface area contributed by atoms with Gasteiger partial charge in [-0.2, -0.15) is 0 Å². The van der Waals surface area contributed by atoms with Crippen LogP contribution in [0.15, 0.2) is 0 Å². The smallest absolute Gasteiger partial charge is 0.0706 e. The molecule has 0 radical (unpaired) electrons. The minimum absolute atomic E-state index is 0.356. The van der Waals surface area contributed by atoms with Gasteiger partial charge in [0.1, 0.15) is 0 Å². The summed E-state index contributed by atoms with van der Waals surface area (Å²) in [6.07, 6.45) is 8.90. The Labute approximate surface area is 124 Å². The molecule has 2 aliphatic heterocycles. The van der Waals surface area contributed by atoms with Crippen molar-refractivity contribution in [2.24, 2.45) is 5.92 Å². The number of piperazine rings is 1. The molecule has 0 aromatic carbocycles. The van der Waals surface area contributed by atoms with E-state index in [4.69, 9.17) is 4.74 Å². The van der Waals surface area contributed by atoms with Gasteiger partial charge < -0.3 is 10.1 Å². The van der Waals surface area contributed by atoms with Crippen LogP contribution in [0.3, 0.4) is 0 Å². The van der Waals surface area contributed by atoms with Crippen molar-refractivity contribution in [3.63, 3.8) is 0 Å². The first-order chi connectivity index (χ1) is 9.60. The van der Waals surface area contributed by atoms with E-state index in [0.29, 0.717) is 23.8 Å². The summed E-state index contributed by atoms with van der Waals surface area (Å²) in [5.41, 5.74) is 0.356. The zero-order chi connectivity index (χ0) is 14.2. The van der Waals surface area contributed by atoms with Crippen LogP contribution in [0.4, 0.5) is 0 Å². The molecule has 0 amide bonds. The average molecular weight is 280 g/mol. The maximum atomic E-state index is 6.07. The van der Waals surface area contributed by atoms with Crippen molar-refractivity contribution in [2.75, 3.05) is 19.6 Å². The van der Waals surface area contributed by atoms with Crippen molar-refractivity contribution in [3.8, 4) is 0 Å². The third-order valence-corrected chi connectivity index (χ3v) is 5.65. The largest absolute Gasteiger partial charge is 0.374 e. The van der Waals surface area contributed by atoms with E-state index in [-0.39, 0.29) is 0 Å². The fraction of sp³-hybridized carbons (Fsp3) is 1.00. The number of nitrogens with zero attached hydrogens (tertiary/aromatic N) is 1. The highest BCUT2D eigenvalue weighted by Crippen LogP contribution is 2.41. The van der Waals surface area contributed by atoms with E-state index in [1.165, 1.54) is 51.6 Å². The molecule has 0 bridgehead atoms. The minimum atomic E-state index is 0.356. The van der Waals surface area contributed by atoms with Gasteiger partial charge >= 0.3 is 0 Å². The molecule has 3 rings (SSSR count). The Bertz CT molecular complexity index is 331. The highest BCUT2D eigenvalue weighted by molar-refractivity contribution is 5.04. The Morgan fingerprint density at radius 3 is 2.65 bits per heavy atom. The molecule has 4 unspecified atom stereocenters. The molecular formula is C17H32N2O. The second-order valence-corrected chi connectivity index (χ2v) is 7.59. The Balaban J connectivity index is 1.62. The van der Waals surface area contributed by atoms with Crippen LogP contribution in [0.1, 0.15) is 59.3 Å². The lowest BCUT2D eigenvalue weighted by Gasteiger charge is -2.47. The monoisotopic (exact) mass is 280 g/mol. The zero-order valence-electron chi connectivity index (χ0n) is 13.5. The molecule has 1 N–H and O–H groups in total. The van der Waals surface area contributed by atoms with Gasteiger partial charge in [-0.15, -0.1) is 0 Å². The molecule has 3 fully saturated rings. The van der Waals surface area contributed by atoms with Gasteiger partial charge in [-0.3, -0.25) is 4.90 Å². The van der Waals surface area contributed by atoms with Crippen molar-refractivity contribution in [2.45, 2.75) is 83.1 Å². The van der Waals surface area contributed by atoms with E-state index in [1.807, 2.05) is 0 Å². The van der Waals surface area contributed by atoms with Crippen LogP contribution in [0.5, 0.6) is 0 Å². The minimum Gasteiger partial charge on any atom is -0.374 e. The summed E-state index contributed by atoms with van der Waals surface area (Å²) in [7, 11) is 0. The lowest BCUT2D eigenvalue weighted by atomic mass is 9.89. The van der Waals surface area contributed by atoms with Crippen molar-refractivity contribution in [1.29, 1.82) is 0 Å². The lowest BCUT2D eigenvalue weighted by Crippen LogP contribution is -2.64. The zero-order valence-corrected chi connectivity index (χ0v) is 13.5. The molecule has 4 atom stereocenters. The van der Waals surface area contributed by atoms with E-state index in [9.17, 15) is 0 Å². The normalized spacial score (nSPS) is 43.0. The molecule has 2 heterocycles. The summed E-state index contributed by atoms with van der Waals surface area (Å²) in [6.45, 7) is 10.5. The summed E-state index contributed by atoms with van der Waals surface area (Å²) in [4.78, 5) is 2.75. The standard InChI is InChI=1S/C17H32N2O/c1-4-5-15-10-18-17(3,14-7-8-14)12-19(15)11-16-9-6-13(2)20-16/h13-16,18H,4-12H2,1-3H3. The third kappa shape index (κ3) is 3.20. The molecule has 116 valence electrons. The maximum Gasteiger partial charge on any atom is 0.0706 e. The van der Waals surface area contributed by atoms with Gasteiger partial charge in [-0.25, -0.2) is 0 Å². The summed E-state index contributed by atoms with van der Waals surface area (Å²) >= 11 is 0. The molecule has 3 heteroatoms. The number of hydrogen-bond acceptors (Lipinski definition) is 3. The van der Waals surface area contributed by atoms with Crippen molar-refractivity contribution < 1.29 is 4.74 Å². The average Bonchev–Trinajstić information content (AvgIpc) is 3.19. The second-order valence-electron chi connectivity index (χ2n) is 7.59. The van der Waals surface area contributed by atoms with Crippen LogP contribution in [0.25, 0.3) is 0 Å². The summed E-state index contributed by atoms with van der Waals surface area (Å²) in [5.74, 6) is 0.913. The molecule has 20 heavy (non-hydrogen) atoms. The van der Waals surface area contributed by atoms with Crippen LogP contribution < -0.4 is 5.32 Å². The van der Waals surface area contributed by atoms with Gasteiger partial charge in [0.25, 0.3) is 0 Å². The van der Waals surface area contributed by atoms with Gasteiger partial charge in [0.05, 0.1) is 12.2 Å². The van der Waals surface area contributed by atoms with Gasteiger partial charge in [0.15, 0.2) is 0 Å². The summed E-state index contributed by atoms with van der Waals surface area (Å²) in [5, 5.41) is 3.87. The van der Waals surface area contributed by atoms with Crippen LogP contribution >= 0.6 is 0 Å². The van der Waals surface area contributed by atoms with Crippen LogP contribution in [-0.2, 0) is 4.74 Å². The second kappa shape index (κ2) is 5.94. The fourth-order valence-electron chi connectivity index (χ4n) is 4.19. The predicted molar refractivity (Wildman–Crippen MR) is 83.0 cm³/mol. The molecule has 3 aliphatic rings. The van der Waals surface area contributed by atoms with Crippen LogP contribution in [0, 0.1) is 5.92 Å². The SMILES string of the molecule is CCCC1CNC(C)(C2CC2)CN1CC1CCC(C)O1. The van der Waals surface area contributed by atoms with E-state index < -0.39 is 0 Å². The molecular weight excluding hydrogens is 248 g/mol. The van der Waals surface area contributed by atoms with Crippen molar-refractivity contribution in [3.05, 3.63) is 0 Å². The predicted octanol–water partition coefficient (Wildman–Crippen LogP) is 2.80. The quantitative estimate of drug-likeness (QED) is 0.838. The fourth-order valence-corrected chi connectivity index (χ4v) is 4.19. The van der Waals surface area contributed by atoms with Gasteiger partial charge in [0, 0.05) is 31.2 Å². The molecule has 0 aromatic heterocycles. The van der Waals surface area contributed by atoms with E-state index >= 15 is 0 Å². The Kier molecular flexibility index (Phi) is 4.40. The summed E-state index contributed by atoms with van der Waals surface area (Å²) < 4.78 is 6.07. The summed E-state index contributed by atoms with van der Waals surface area (Å²) in [6, 6.07) is 0.714. The Morgan fingerprint density at radius 2 is 2.05 bits per heavy atom. The highest BCUT2D eigenvalue weighted by atomic mass is 16.5. The van der Waals surface area contributed by atoms with E-state index in [1.54, 1.807) is 0 Å².